The fraction of sp³-hybridized carbons (Fsp3) is 0.391. The molecule has 1 atom stereocenters. The third-order valence-electron chi connectivity index (χ3n) is 4.72. The van der Waals surface area contributed by atoms with Gasteiger partial charge in [0.1, 0.15) is 17.5 Å². The number of hydrogen-bond acceptors (Lipinski definition) is 4. The number of carbonyl (C=O) groups excluding carboxylic acids is 2. The Labute approximate surface area is 172 Å². The molecule has 0 bridgehead atoms. The van der Waals surface area contributed by atoms with Crippen LogP contribution in [-0.2, 0) is 11.2 Å². The van der Waals surface area contributed by atoms with Crippen LogP contribution in [0.3, 0.4) is 0 Å². The summed E-state index contributed by atoms with van der Waals surface area (Å²) in [5.41, 5.74) is 2.57. The van der Waals surface area contributed by atoms with Crippen LogP contribution in [0.4, 0.5) is 0 Å². The molecule has 0 saturated heterocycles. The zero-order valence-electron chi connectivity index (χ0n) is 17.7. The van der Waals surface area contributed by atoms with E-state index in [2.05, 4.69) is 10.6 Å². The standard InChI is InChI=1S/C23H30N2O4/c1-15(2)21(25-22(26)18-8-6-7-9-20(18)29-5)23(27)24-13-12-17-14-16(3)10-11-19(17)28-4/h6-11,14-15,21H,12-13H2,1-5H3,(H,24,27)(H,25,26)/t21-/m0/s1. The summed E-state index contributed by atoms with van der Waals surface area (Å²) in [6, 6.07) is 12.3. The second-order valence-electron chi connectivity index (χ2n) is 7.25. The number of benzene rings is 2. The molecule has 0 unspecified atom stereocenters. The number of hydrogen-bond donors (Lipinski definition) is 2. The highest BCUT2D eigenvalue weighted by Gasteiger charge is 2.25. The smallest absolute Gasteiger partial charge is 0.255 e. The molecular weight excluding hydrogens is 368 g/mol. The van der Waals surface area contributed by atoms with Crippen LogP contribution in [0, 0.1) is 12.8 Å². The largest absolute Gasteiger partial charge is 0.496 e. The van der Waals surface area contributed by atoms with Gasteiger partial charge in [0.25, 0.3) is 5.91 Å². The van der Waals surface area contributed by atoms with E-state index in [1.807, 2.05) is 39.0 Å². The number of aryl methyl sites for hydroxylation is 1. The Morgan fingerprint density at radius 2 is 1.69 bits per heavy atom. The van der Waals surface area contributed by atoms with Crippen molar-refractivity contribution in [2.24, 2.45) is 5.92 Å². The van der Waals surface area contributed by atoms with Gasteiger partial charge < -0.3 is 20.1 Å². The Balaban J connectivity index is 2.01. The lowest BCUT2D eigenvalue weighted by molar-refractivity contribution is -0.123. The molecule has 0 saturated carbocycles. The molecule has 6 heteroatoms. The maximum Gasteiger partial charge on any atom is 0.255 e. The van der Waals surface area contributed by atoms with Crippen molar-refractivity contribution >= 4 is 11.8 Å². The number of rotatable bonds is 9. The van der Waals surface area contributed by atoms with E-state index in [9.17, 15) is 9.59 Å². The van der Waals surface area contributed by atoms with Gasteiger partial charge in [0.05, 0.1) is 19.8 Å². The molecule has 2 aromatic carbocycles. The number of methoxy groups -OCH3 is 2. The second kappa shape index (κ2) is 10.5. The van der Waals surface area contributed by atoms with E-state index < -0.39 is 6.04 Å². The first kappa shape index (κ1) is 22.3. The Hall–Kier alpha value is -3.02. The molecule has 6 nitrogen and oxygen atoms in total. The lowest BCUT2D eigenvalue weighted by atomic mass is 10.0. The average Bonchev–Trinajstić information content (AvgIpc) is 2.71. The van der Waals surface area contributed by atoms with Crippen LogP contribution in [0.15, 0.2) is 42.5 Å². The number of carbonyl (C=O) groups is 2. The molecule has 29 heavy (non-hydrogen) atoms. The highest BCUT2D eigenvalue weighted by Crippen LogP contribution is 2.20. The van der Waals surface area contributed by atoms with Crippen LogP contribution in [0.1, 0.15) is 35.3 Å². The minimum absolute atomic E-state index is 0.0674. The van der Waals surface area contributed by atoms with E-state index in [-0.39, 0.29) is 17.7 Å². The summed E-state index contributed by atoms with van der Waals surface area (Å²) >= 11 is 0. The highest BCUT2D eigenvalue weighted by atomic mass is 16.5. The first-order valence-corrected chi connectivity index (χ1v) is 9.72. The first-order chi connectivity index (χ1) is 13.9. The minimum Gasteiger partial charge on any atom is -0.496 e. The molecule has 0 aliphatic rings. The van der Waals surface area contributed by atoms with E-state index in [0.29, 0.717) is 24.3 Å². The minimum atomic E-state index is -0.646. The van der Waals surface area contributed by atoms with Gasteiger partial charge in [-0.05, 0) is 43.0 Å². The van der Waals surface area contributed by atoms with Crippen molar-refractivity contribution in [3.8, 4) is 11.5 Å². The van der Waals surface area contributed by atoms with Gasteiger partial charge in [-0.3, -0.25) is 9.59 Å². The molecule has 0 radical (unpaired) electrons. The van der Waals surface area contributed by atoms with E-state index in [1.165, 1.54) is 7.11 Å². The van der Waals surface area contributed by atoms with Crippen LogP contribution in [0.2, 0.25) is 0 Å². The summed E-state index contributed by atoms with van der Waals surface area (Å²) in [5.74, 6) is 0.655. The summed E-state index contributed by atoms with van der Waals surface area (Å²) in [6.45, 7) is 6.27. The van der Waals surface area contributed by atoms with Gasteiger partial charge in [-0.1, -0.05) is 43.7 Å². The lowest BCUT2D eigenvalue weighted by Gasteiger charge is -2.22. The molecule has 0 aromatic heterocycles. The number of para-hydroxylation sites is 1. The van der Waals surface area contributed by atoms with Crippen LogP contribution in [0.5, 0.6) is 11.5 Å². The van der Waals surface area contributed by atoms with E-state index in [1.54, 1.807) is 31.4 Å². The lowest BCUT2D eigenvalue weighted by Crippen LogP contribution is -2.50. The maximum atomic E-state index is 12.7. The summed E-state index contributed by atoms with van der Waals surface area (Å²) in [5, 5.41) is 5.76. The topological polar surface area (TPSA) is 76.7 Å². The third-order valence-corrected chi connectivity index (χ3v) is 4.72. The average molecular weight is 399 g/mol. The molecule has 0 aliphatic heterocycles. The van der Waals surface area contributed by atoms with Gasteiger partial charge in [-0.2, -0.15) is 0 Å². The Morgan fingerprint density at radius 1 is 1.00 bits per heavy atom. The summed E-state index contributed by atoms with van der Waals surface area (Å²) < 4.78 is 10.6. The SMILES string of the molecule is COc1ccc(C)cc1CCNC(=O)[C@@H](NC(=O)c1ccccc1OC)C(C)C. The Kier molecular flexibility index (Phi) is 8.07. The predicted octanol–water partition coefficient (Wildman–Crippen LogP) is 3.13. The Morgan fingerprint density at radius 3 is 2.34 bits per heavy atom. The van der Waals surface area contributed by atoms with Gasteiger partial charge in [0, 0.05) is 6.54 Å². The molecular formula is C23H30N2O4. The van der Waals surface area contributed by atoms with E-state index >= 15 is 0 Å². The number of nitrogens with one attached hydrogen (secondary N) is 2. The van der Waals surface area contributed by atoms with Gasteiger partial charge >= 0.3 is 0 Å². The maximum absolute atomic E-state index is 12.7. The van der Waals surface area contributed by atoms with Crippen molar-refractivity contribution in [1.82, 2.24) is 10.6 Å². The fourth-order valence-corrected chi connectivity index (χ4v) is 3.12. The molecule has 0 heterocycles. The van der Waals surface area contributed by atoms with Crippen LogP contribution in [0.25, 0.3) is 0 Å². The monoisotopic (exact) mass is 398 g/mol. The zero-order chi connectivity index (χ0) is 21.4. The van der Waals surface area contributed by atoms with Gasteiger partial charge in [0.2, 0.25) is 5.91 Å². The Bertz CT molecular complexity index is 849. The zero-order valence-corrected chi connectivity index (χ0v) is 17.7. The second-order valence-corrected chi connectivity index (χ2v) is 7.25. The molecule has 2 aromatic rings. The van der Waals surface area contributed by atoms with Crippen LogP contribution >= 0.6 is 0 Å². The molecule has 0 aliphatic carbocycles. The predicted molar refractivity (Wildman–Crippen MR) is 114 cm³/mol. The van der Waals surface area contributed by atoms with Crippen molar-refractivity contribution < 1.29 is 19.1 Å². The quantitative estimate of drug-likeness (QED) is 0.680. The van der Waals surface area contributed by atoms with Crippen molar-refractivity contribution in [3.63, 3.8) is 0 Å². The molecule has 156 valence electrons. The van der Waals surface area contributed by atoms with Gasteiger partial charge in [-0.15, -0.1) is 0 Å². The summed E-state index contributed by atoms with van der Waals surface area (Å²) in [7, 11) is 3.15. The van der Waals surface area contributed by atoms with Crippen molar-refractivity contribution in [3.05, 3.63) is 59.2 Å². The molecule has 0 fully saturated rings. The molecule has 0 spiro atoms. The summed E-state index contributed by atoms with van der Waals surface area (Å²) in [6.07, 6.45) is 0.641. The number of ether oxygens (including phenoxy) is 2. The van der Waals surface area contributed by atoms with Gasteiger partial charge in [-0.25, -0.2) is 0 Å². The molecule has 2 rings (SSSR count). The van der Waals surface area contributed by atoms with Crippen molar-refractivity contribution in [2.45, 2.75) is 33.2 Å². The summed E-state index contributed by atoms with van der Waals surface area (Å²) in [4.78, 5) is 25.4. The van der Waals surface area contributed by atoms with Crippen molar-refractivity contribution in [2.75, 3.05) is 20.8 Å². The number of amides is 2. The first-order valence-electron chi connectivity index (χ1n) is 9.72. The fourth-order valence-electron chi connectivity index (χ4n) is 3.12. The van der Waals surface area contributed by atoms with Crippen LogP contribution < -0.4 is 20.1 Å². The van der Waals surface area contributed by atoms with Crippen molar-refractivity contribution in [1.29, 1.82) is 0 Å². The van der Waals surface area contributed by atoms with E-state index in [4.69, 9.17) is 9.47 Å². The van der Waals surface area contributed by atoms with E-state index in [0.717, 1.165) is 16.9 Å². The normalized spacial score (nSPS) is 11.7. The van der Waals surface area contributed by atoms with Crippen LogP contribution in [-0.4, -0.2) is 38.6 Å². The van der Waals surface area contributed by atoms with Gasteiger partial charge in [0.15, 0.2) is 0 Å². The third kappa shape index (κ3) is 5.98. The molecule has 2 amide bonds. The highest BCUT2D eigenvalue weighted by molar-refractivity contribution is 5.99. The molecule has 2 N–H and O–H groups in total.